The van der Waals surface area contributed by atoms with Crippen molar-refractivity contribution < 1.29 is 34.3 Å². The molecule has 1 aromatic carbocycles. The minimum atomic E-state index is 0. The molecule has 0 unspecified atom stereocenters. The second-order valence-corrected chi connectivity index (χ2v) is 3.01. The maximum Gasteiger partial charge on any atom is 1.00 e. The Kier molecular flexibility index (Phi) is 11.8. The van der Waals surface area contributed by atoms with Gasteiger partial charge < -0.3 is 27.6 Å². The van der Waals surface area contributed by atoms with Gasteiger partial charge in [0, 0.05) is 6.54 Å². The minimum absolute atomic E-state index is 0. The summed E-state index contributed by atoms with van der Waals surface area (Å²) < 4.78 is 5.02. The van der Waals surface area contributed by atoms with E-state index in [0.29, 0.717) is 11.7 Å². The molecule has 0 fully saturated rings. The van der Waals surface area contributed by atoms with Crippen molar-refractivity contribution in [3.8, 4) is 5.75 Å². The number of hydrogen-bond donors (Lipinski definition) is 2. The molecule has 0 aliphatic carbocycles. The number of benzene rings is 1. The standard InChI is InChI=1S/C9H12N2OS.CN.Na/c1-12-8-4-2-7(3-5-8)6-11-9(10)13;1-2;/h2-5H,6H2,1H3,(H3,10,11,13);;/q;-1;+1. The van der Waals surface area contributed by atoms with Gasteiger partial charge in [-0.2, -0.15) is 0 Å². The molecule has 6 heteroatoms. The van der Waals surface area contributed by atoms with E-state index in [4.69, 9.17) is 22.3 Å². The fraction of sp³-hybridized carbons (Fsp3) is 0.200. The van der Waals surface area contributed by atoms with Crippen LogP contribution in [0, 0.1) is 11.8 Å². The molecule has 0 aliphatic rings. The smallest absolute Gasteiger partial charge is 0.512 e. The van der Waals surface area contributed by atoms with E-state index in [0.717, 1.165) is 11.3 Å². The summed E-state index contributed by atoms with van der Waals surface area (Å²) in [5.74, 6) is 0.846. The van der Waals surface area contributed by atoms with Gasteiger partial charge >= 0.3 is 29.6 Å². The van der Waals surface area contributed by atoms with Gasteiger partial charge in [-0.25, -0.2) is 0 Å². The molecule has 4 nitrogen and oxygen atoms in total. The molecule has 0 saturated heterocycles. The van der Waals surface area contributed by atoms with E-state index in [-0.39, 0.29) is 29.6 Å². The normalized spacial score (nSPS) is 7.69. The van der Waals surface area contributed by atoms with Gasteiger partial charge in [0.15, 0.2) is 5.11 Å². The topological polar surface area (TPSA) is 71.1 Å². The van der Waals surface area contributed by atoms with Gasteiger partial charge in [-0.1, -0.05) is 12.1 Å². The molecule has 1 rings (SSSR count). The molecule has 0 aromatic heterocycles. The summed E-state index contributed by atoms with van der Waals surface area (Å²) in [5.41, 5.74) is 6.41. The van der Waals surface area contributed by atoms with Crippen LogP contribution < -0.4 is 45.3 Å². The second kappa shape index (κ2) is 10.7. The predicted octanol–water partition coefficient (Wildman–Crippen LogP) is -1.87. The number of ether oxygens (including phenoxy) is 1. The molecule has 0 bridgehead atoms. The van der Waals surface area contributed by atoms with Crippen molar-refractivity contribution in [3.05, 3.63) is 36.4 Å². The zero-order valence-corrected chi connectivity index (χ0v) is 12.2. The van der Waals surface area contributed by atoms with Crippen LogP contribution in [0.1, 0.15) is 5.56 Å². The SMILES string of the molecule is COc1ccc(CNC(N)=S)cc1.[C-]#N.[Na+]. The molecule has 0 atom stereocenters. The third-order valence-corrected chi connectivity index (χ3v) is 1.77. The van der Waals surface area contributed by atoms with Crippen molar-refractivity contribution >= 4 is 17.3 Å². The van der Waals surface area contributed by atoms with Crippen molar-refractivity contribution in [2.75, 3.05) is 7.11 Å². The summed E-state index contributed by atoms with van der Waals surface area (Å²) in [6.07, 6.45) is 0. The molecule has 0 radical (unpaired) electrons. The quantitative estimate of drug-likeness (QED) is 0.371. The molecule has 0 aliphatic heterocycles. The van der Waals surface area contributed by atoms with Crippen LogP contribution in [0.2, 0.25) is 0 Å². The van der Waals surface area contributed by atoms with Crippen LogP contribution in [0.5, 0.6) is 5.75 Å². The number of nitrogens with one attached hydrogen (secondary N) is 1. The van der Waals surface area contributed by atoms with Crippen LogP contribution in [-0.2, 0) is 6.54 Å². The third-order valence-electron chi connectivity index (χ3n) is 1.63. The summed E-state index contributed by atoms with van der Waals surface area (Å²) in [6.45, 7) is 5.40. The second-order valence-electron chi connectivity index (χ2n) is 2.57. The molecule has 0 saturated carbocycles. The average molecular weight is 245 g/mol. The minimum Gasteiger partial charge on any atom is -0.512 e. The van der Waals surface area contributed by atoms with Gasteiger partial charge in [0.1, 0.15) is 5.75 Å². The van der Waals surface area contributed by atoms with E-state index in [1.165, 1.54) is 0 Å². The molecule has 80 valence electrons. The largest absolute Gasteiger partial charge is 1.00 e. The summed E-state index contributed by atoms with van der Waals surface area (Å²) in [4.78, 5) is 0. The average Bonchev–Trinajstić information content (AvgIpc) is 2.30. The maximum absolute atomic E-state index is 6.25. The van der Waals surface area contributed by atoms with Crippen LogP contribution in [0.15, 0.2) is 24.3 Å². The van der Waals surface area contributed by atoms with E-state index < -0.39 is 0 Å². The molecular formula is C10H12N3NaOS. The molecule has 0 spiro atoms. The van der Waals surface area contributed by atoms with Gasteiger partial charge in [0.05, 0.1) is 7.11 Å². The van der Waals surface area contributed by atoms with Crippen LogP contribution >= 0.6 is 12.2 Å². The Morgan fingerprint density at radius 1 is 1.44 bits per heavy atom. The number of hydrogen-bond acceptors (Lipinski definition) is 3. The van der Waals surface area contributed by atoms with Crippen LogP contribution in [0.3, 0.4) is 0 Å². The first-order valence-electron chi connectivity index (χ1n) is 4.11. The van der Waals surface area contributed by atoms with Gasteiger partial charge in [-0.3, -0.25) is 0 Å². The predicted molar refractivity (Wildman–Crippen MR) is 61.6 cm³/mol. The van der Waals surface area contributed by atoms with Crippen LogP contribution in [-0.4, -0.2) is 12.2 Å². The number of methoxy groups -OCH3 is 1. The Balaban J connectivity index is 0. The monoisotopic (exact) mass is 245 g/mol. The zero-order valence-electron chi connectivity index (χ0n) is 9.36. The Labute approximate surface area is 123 Å². The van der Waals surface area contributed by atoms with Crippen molar-refractivity contribution in [2.45, 2.75) is 6.54 Å². The fourth-order valence-corrected chi connectivity index (χ4v) is 1.00. The van der Waals surface area contributed by atoms with Crippen LogP contribution in [0.25, 0.3) is 0 Å². The summed E-state index contributed by atoms with van der Waals surface area (Å²) in [5, 5.41) is 9.43. The number of nitrogens with zero attached hydrogens (tertiary/aromatic N) is 1. The Hall–Kier alpha value is -0.800. The van der Waals surface area contributed by atoms with E-state index in [1.54, 1.807) is 7.11 Å². The van der Waals surface area contributed by atoms with Gasteiger partial charge in [0.2, 0.25) is 0 Å². The fourth-order valence-electron chi connectivity index (χ4n) is 0.933. The first-order chi connectivity index (χ1) is 7.22. The number of nitrogens with two attached hydrogens (primary N) is 1. The van der Waals surface area contributed by atoms with E-state index >= 15 is 0 Å². The Bertz CT molecular complexity index is 327. The van der Waals surface area contributed by atoms with Gasteiger partial charge in [-0.15, -0.1) is 0 Å². The summed E-state index contributed by atoms with van der Waals surface area (Å²) in [6, 6.07) is 7.72. The Morgan fingerprint density at radius 2 is 1.94 bits per heavy atom. The van der Waals surface area contributed by atoms with E-state index in [1.807, 2.05) is 24.3 Å². The van der Waals surface area contributed by atoms with Gasteiger partial charge in [0.25, 0.3) is 0 Å². The number of rotatable bonds is 3. The van der Waals surface area contributed by atoms with Crippen molar-refractivity contribution in [3.63, 3.8) is 0 Å². The molecular weight excluding hydrogens is 233 g/mol. The molecule has 16 heavy (non-hydrogen) atoms. The molecule has 0 heterocycles. The van der Waals surface area contributed by atoms with Crippen molar-refractivity contribution in [2.24, 2.45) is 5.73 Å². The maximum atomic E-state index is 6.25. The first-order valence-corrected chi connectivity index (χ1v) is 4.52. The Morgan fingerprint density at radius 3 is 2.31 bits per heavy atom. The molecule has 3 N–H and O–H groups in total. The molecule has 0 amide bonds. The summed E-state index contributed by atoms with van der Waals surface area (Å²) >= 11 is 4.69. The summed E-state index contributed by atoms with van der Waals surface area (Å²) in [7, 11) is 1.64. The number of thiocarbonyl (C=S) groups is 1. The first kappa shape index (κ1) is 17.6. The van der Waals surface area contributed by atoms with Crippen molar-refractivity contribution in [1.82, 2.24) is 5.32 Å². The third kappa shape index (κ3) is 7.49. The molecule has 1 aromatic rings. The zero-order chi connectivity index (χ0) is 11.7. The van der Waals surface area contributed by atoms with Gasteiger partial charge in [-0.05, 0) is 29.9 Å². The van der Waals surface area contributed by atoms with Crippen molar-refractivity contribution in [1.29, 1.82) is 5.26 Å². The van der Waals surface area contributed by atoms with Crippen LogP contribution in [0.4, 0.5) is 0 Å². The van der Waals surface area contributed by atoms with E-state index in [9.17, 15) is 0 Å². The van der Waals surface area contributed by atoms with E-state index in [2.05, 4.69) is 17.5 Å².